The van der Waals surface area contributed by atoms with Crippen LogP contribution in [0.25, 0.3) is 0 Å². The minimum atomic E-state index is 0.551. The molecule has 1 saturated heterocycles. The highest BCUT2D eigenvalue weighted by atomic mass is 32.1. The molecule has 0 aromatic rings. The topological polar surface area (TPSA) is 12.0 Å². The number of piperidine rings is 1. The molecule has 1 rings (SSSR count). The third-order valence-electron chi connectivity index (χ3n) is 2.04. The van der Waals surface area contributed by atoms with Crippen LogP contribution in [-0.4, -0.2) is 17.8 Å². The van der Waals surface area contributed by atoms with Crippen LogP contribution in [-0.2, 0) is 0 Å². The second kappa shape index (κ2) is 4.24. The monoisotopic (exact) mass is 159 g/mol. The minimum Gasteiger partial charge on any atom is -0.314 e. The van der Waals surface area contributed by atoms with E-state index < -0.39 is 0 Å². The van der Waals surface area contributed by atoms with Crippen LogP contribution in [0.5, 0.6) is 0 Å². The summed E-state index contributed by atoms with van der Waals surface area (Å²) in [4.78, 5) is 0. The molecule has 10 heavy (non-hydrogen) atoms. The average Bonchev–Trinajstić information content (AvgIpc) is 1.88. The summed E-state index contributed by atoms with van der Waals surface area (Å²) in [6.07, 6.45) is 5.34. The van der Waals surface area contributed by atoms with Crippen LogP contribution in [0.3, 0.4) is 0 Å². The fourth-order valence-electron chi connectivity index (χ4n) is 1.54. The largest absolute Gasteiger partial charge is 0.314 e. The fraction of sp³-hybridized carbons (Fsp3) is 1.00. The molecule has 0 saturated carbocycles. The molecule has 2 atom stereocenters. The van der Waals surface area contributed by atoms with Gasteiger partial charge in [0.05, 0.1) is 0 Å². The molecule has 60 valence electrons. The van der Waals surface area contributed by atoms with Gasteiger partial charge in [0, 0.05) is 11.3 Å². The molecule has 0 bridgehead atoms. The summed E-state index contributed by atoms with van der Waals surface area (Å²) in [6.45, 7) is 3.38. The van der Waals surface area contributed by atoms with Crippen LogP contribution in [0.1, 0.15) is 32.6 Å². The lowest BCUT2D eigenvalue weighted by molar-refractivity contribution is 0.383. The summed E-state index contributed by atoms with van der Waals surface area (Å²) in [5.74, 6) is 0. The number of nitrogens with one attached hydrogen (secondary N) is 1. The van der Waals surface area contributed by atoms with Crippen LogP contribution < -0.4 is 5.32 Å². The summed E-state index contributed by atoms with van der Waals surface area (Å²) in [6, 6.07) is 0.751. The van der Waals surface area contributed by atoms with Crippen molar-refractivity contribution < 1.29 is 0 Å². The van der Waals surface area contributed by atoms with Gasteiger partial charge < -0.3 is 5.32 Å². The summed E-state index contributed by atoms with van der Waals surface area (Å²) >= 11 is 4.37. The van der Waals surface area contributed by atoms with Crippen molar-refractivity contribution in [3.05, 3.63) is 0 Å². The maximum Gasteiger partial charge on any atom is 0.00774 e. The van der Waals surface area contributed by atoms with Crippen molar-refractivity contribution in [3.8, 4) is 0 Å². The highest BCUT2D eigenvalue weighted by Crippen LogP contribution is 2.13. The zero-order chi connectivity index (χ0) is 7.40. The molecule has 1 aliphatic rings. The maximum atomic E-state index is 4.37. The predicted molar refractivity (Wildman–Crippen MR) is 48.7 cm³/mol. The van der Waals surface area contributed by atoms with E-state index >= 15 is 0 Å². The van der Waals surface area contributed by atoms with Crippen molar-refractivity contribution in [3.63, 3.8) is 0 Å². The lowest BCUT2D eigenvalue weighted by Gasteiger charge is -2.24. The quantitative estimate of drug-likeness (QED) is 0.586. The van der Waals surface area contributed by atoms with Crippen molar-refractivity contribution >= 4 is 12.6 Å². The Kier molecular flexibility index (Phi) is 3.57. The first-order valence-corrected chi connectivity index (χ1v) is 4.72. The number of thiol groups is 1. The van der Waals surface area contributed by atoms with E-state index in [4.69, 9.17) is 0 Å². The van der Waals surface area contributed by atoms with E-state index in [2.05, 4.69) is 24.9 Å². The van der Waals surface area contributed by atoms with Crippen molar-refractivity contribution in [2.75, 3.05) is 6.54 Å². The molecule has 0 radical (unpaired) electrons. The molecular weight excluding hydrogens is 142 g/mol. The van der Waals surface area contributed by atoms with Gasteiger partial charge in [0.15, 0.2) is 0 Å². The van der Waals surface area contributed by atoms with E-state index in [1.165, 1.54) is 32.2 Å². The Labute approximate surface area is 69.0 Å². The molecule has 0 spiro atoms. The predicted octanol–water partition coefficient (Wildman–Crippen LogP) is 1.84. The Morgan fingerprint density at radius 2 is 2.40 bits per heavy atom. The molecule has 0 aromatic carbocycles. The van der Waals surface area contributed by atoms with Crippen LogP contribution in [0.15, 0.2) is 0 Å². The molecule has 0 aliphatic carbocycles. The van der Waals surface area contributed by atoms with Gasteiger partial charge in [-0.1, -0.05) is 13.3 Å². The maximum absolute atomic E-state index is 4.37. The molecule has 0 aromatic heterocycles. The van der Waals surface area contributed by atoms with Gasteiger partial charge in [-0.05, 0) is 25.8 Å². The van der Waals surface area contributed by atoms with E-state index in [9.17, 15) is 0 Å². The average molecular weight is 159 g/mol. The highest BCUT2D eigenvalue weighted by Gasteiger charge is 2.13. The van der Waals surface area contributed by atoms with Gasteiger partial charge in [0.25, 0.3) is 0 Å². The normalized spacial score (nSPS) is 30.0. The molecule has 1 heterocycles. The van der Waals surface area contributed by atoms with E-state index in [0.717, 1.165) is 6.04 Å². The molecule has 1 nitrogen and oxygen atoms in total. The van der Waals surface area contributed by atoms with Gasteiger partial charge in [-0.25, -0.2) is 0 Å². The fourth-order valence-corrected chi connectivity index (χ4v) is 1.79. The van der Waals surface area contributed by atoms with Gasteiger partial charge >= 0.3 is 0 Å². The van der Waals surface area contributed by atoms with Gasteiger partial charge in [0.1, 0.15) is 0 Å². The third-order valence-corrected chi connectivity index (χ3v) is 2.25. The van der Waals surface area contributed by atoms with Crippen LogP contribution in [0.4, 0.5) is 0 Å². The smallest absolute Gasteiger partial charge is 0.00774 e. The van der Waals surface area contributed by atoms with Crippen molar-refractivity contribution in [2.24, 2.45) is 0 Å². The van der Waals surface area contributed by atoms with Crippen molar-refractivity contribution in [1.29, 1.82) is 0 Å². The second-order valence-electron chi connectivity index (χ2n) is 3.23. The van der Waals surface area contributed by atoms with Gasteiger partial charge in [-0.3, -0.25) is 0 Å². The molecule has 2 heteroatoms. The number of rotatable bonds is 2. The van der Waals surface area contributed by atoms with Gasteiger partial charge in [0.2, 0.25) is 0 Å². The molecule has 1 N–H and O–H groups in total. The SMILES string of the molecule is CC(S)CC1CCCCN1. The van der Waals surface area contributed by atoms with E-state index in [1.807, 2.05) is 0 Å². The Morgan fingerprint density at radius 3 is 2.90 bits per heavy atom. The van der Waals surface area contributed by atoms with Gasteiger partial charge in [-0.15, -0.1) is 0 Å². The summed E-state index contributed by atoms with van der Waals surface area (Å²) in [7, 11) is 0. The van der Waals surface area contributed by atoms with Crippen LogP contribution in [0, 0.1) is 0 Å². The van der Waals surface area contributed by atoms with E-state index in [0.29, 0.717) is 5.25 Å². The molecule has 2 unspecified atom stereocenters. The Balaban J connectivity index is 2.13. The highest BCUT2D eigenvalue weighted by molar-refractivity contribution is 7.80. The number of hydrogen-bond acceptors (Lipinski definition) is 2. The lowest BCUT2D eigenvalue weighted by Crippen LogP contribution is -2.35. The van der Waals surface area contributed by atoms with E-state index in [1.54, 1.807) is 0 Å². The standard InChI is InChI=1S/C8H17NS/c1-7(10)6-8-4-2-3-5-9-8/h7-10H,2-6H2,1H3. The first kappa shape index (κ1) is 8.41. The third kappa shape index (κ3) is 2.93. The van der Waals surface area contributed by atoms with Crippen molar-refractivity contribution in [1.82, 2.24) is 5.32 Å². The molecule has 1 aliphatic heterocycles. The summed E-state index contributed by atoms with van der Waals surface area (Å²) < 4.78 is 0. The van der Waals surface area contributed by atoms with Gasteiger partial charge in [-0.2, -0.15) is 12.6 Å². The molecular formula is C8H17NS. The minimum absolute atomic E-state index is 0.551. The second-order valence-corrected chi connectivity index (χ2v) is 4.11. The molecule has 1 fully saturated rings. The van der Waals surface area contributed by atoms with Crippen LogP contribution >= 0.6 is 12.6 Å². The van der Waals surface area contributed by atoms with Crippen molar-refractivity contribution in [2.45, 2.75) is 43.9 Å². The van der Waals surface area contributed by atoms with E-state index in [-0.39, 0.29) is 0 Å². The van der Waals surface area contributed by atoms with Crippen LogP contribution in [0.2, 0.25) is 0 Å². The first-order valence-electron chi connectivity index (χ1n) is 4.20. The summed E-state index contributed by atoms with van der Waals surface area (Å²) in [5, 5.41) is 4.05. The zero-order valence-corrected chi connectivity index (χ0v) is 7.53. The Morgan fingerprint density at radius 1 is 1.60 bits per heavy atom. The molecule has 0 amide bonds. The zero-order valence-electron chi connectivity index (χ0n) is 6.64. The first-order chi connectivity index (χ1) is 4.79. The Hall–Kier alpha value is 0.310. The lowest BCUT2D eigenvalue weighted by atomic mass is 10.0. The Bertz CT molecular complexity index is 87.3. The number of hydrogen-bond donors (Lipinski definition) is 2. The summed E-state index contributed by atoms with van der Waals surface area (Å²) in [5.41, 5.74) is 0.